The summed E-state index contributed by atoms with van der Waals surface area (Å²) in [5.74, 6) is -0.219. The molecule has 4 nitrogen and oxygen atoms in total. The summed E-state index contributed by atoms with van der Waals surface area (Å²) in [5, 5.41) is 4.54. The van der Waals surface area contributed by atoms with Crippen molar-refractivity contribution in [2.75, 3.05) is 13.2 Å². The van der Waals surface area contributed by atoms with E-state index in [1.54, 1.807) is 6.07 Å². The standard InChI is InChI=1S/C18H21NO3/c1-13(2)10-11-19-17(20)12-22-18(21)16-9-5-7-14-6-3-4-8-15(14)16/h3-9,13H,10-12H2,1-2H3,(H,19,20). The lowest BCUT2D eigenvalue weighted by Gasteiger charge is -2.09. The lowest BCUT2D eigenvalue weighted by Crippen LogP contribution is -2.30. The van der Waals surface area contributed by atoms with Gasteiger partial charge >= 0.3 is 5.97 Å². The zero-order valence-electron chi connectivity index (χ0n) is 13.0. The SMILES string of the molecule is CC(C)CCNC(=O)COC(=O)c1cccc2ccccc12. The van der Waals surface area contributed by atoms with Crippen LogP contribution in [0.25, 0.3) is 10.8 Å². The van der Waals surface area contributed by atoms with E-state index in [4.69, 9.17) is 4.74 Å². The molecule has 2 aromatic rings. The number of amides is 1. The van der Waals surface area contributed by atoms with Crippen LogP contribution in [0.3, 0.4) is 0 Å². The van der Waals surface area contributed by atoms with Crippen LogP contribution in [0, 0.1) is 5.92 Å². The quantitative estimate of drug-likeness (QED) is 0.834. The summed E-state index contributed by atoms with van der Waals surface area (Å²) in [5.41, 5.74) is 0.480. The van der Waals surface area contributed by atoms with Crippen LogP contribution in [0.5, 0.6) is 0 Å². The van der Waals surface area contributed by atoms with E-state index >= 15 is 0 Å². The number of carbonyl (C=O) groups is 2. The summed E-state index contributed by atoms with van der Waals surface area (Å²) in [7, 11) is 0. The van der Waals surface area contributed by atoms with Gasteiger partial charge in [0.15, 0.2) is 6.61 Å². The highest BCUT2D eigenvalue weighted by Gasteiger charge is 2.12. The minimum Gasteiger partial charge on any atom is -0.452 e. The van der Waals surface area contributed by atoms with Gasteiger partial charge in [0.1, 0.15) is 0 Å². The maximum Gasteiger partial charge on any atom is 0.339 e. The number of carbonyl (C=O) groups excluding carboxylic acids is 2. The number of nitrogens with one attached hydrogen (secondary N) is 1. The largest absolute Gasteiger partial charge is 0.452 e. The van der Waals surface area contributed by atoms with Gasteiger partial charge in [-0.1, -0.05) is 50.2 Å². The first-order chi connectivity index (χ1) is 10.6. The van der Waals surface area contributed by atoms with E-state index in [0.717, 1.165) is 17.2 Å². The Morgan fingerprint density at radius 3 is 2.59 bits per heavy atom. The first-order valence-electron chi connectivity index (χ1n) is 7.49. The first-order valence-corrected chi connectivity index (χ1v) is 7.49. The summed E-state index contributed by atoms with van der Waals surface area (Å²) in [6.45, 7) is 4.53. The summed E-state index contributed by atoms with van der Waals surface area (Å²) in [6.07, 6.45) is 0.906. The molecule has 0 saturated heterocycles. The molecule has 0 radical (unpaired) electrons. The van der Waals surface area contributed by atoms with Crippen LogP contribution in [-0.4, -0.2) is 25.0 Å². The van der Waals surface area contributed by atoms with Gasteiger partial charge in [0.25, 0.3) is 5.91 Å². The van der Waals surface area contributed by atoms with Crippen molar-refractivity contribution in [2.45, 2.75) is 20.3 Å². The summed E-state index contributed by atoms with van der Waals surface area (Å²) >= 11 is 0. The Morgan fingerprint density at radius 1 is 1.09 bits per heavy atom. The van der Waals surface area contributed by atoms with Crippen molar-refractivity contribution in [3.8, 4) is 0 Å². The van der Waals surface area contributed by atoms with Crippen LogP contribution in [0.4, 0.5) is 0 Å². The van der Waals surface area contributed by atoms with Gasteiger partial charge in [0, 0.05) is 6.54 Å². The van der Waals surface area contributed by atoms with E-state index < -0.39 is 5.97 Å². The lowest BCUT2D eigenvalue weighted by molar-refractivity contribution is -0.124. The molecule has 0 aliphatic rings. The predicted octanol–water partition coefficient (Wildman–Crippen LogP) is 3.16. The van der Waals surface area contributed by atoms with E-state index in [-0.39, 0.29) is 12.5 Å². The molecule has 0 aliphatic carbocycles. The van der Waals surface area contributed by atoms with Crippen LogP contribution < -0.4 is 5.32 Å². The molecule has 1 amide bonds. The number of hydrogen-bond acceptors (Lipinski definition) is 3. The molecule has 4 heteroatoms. The highest BCUT2D eigenvalue weighted by Crippen LogP contribution is 2.19. The minimum atomic E-state index is -0.476. The Labute approximate surface area is 130 Å². The van der Waals surface area contributed by atoms with Crippen molar-refractivity contribution in [1.82, 2.24) is 5.32 Å². The zero-order valence-corrected chi connectivity index (χ0v) is 13.0. The summed E-state index contributed by atoms with van der Waals surface area (Å²) in [4.78, 5) is 23.8. The van der Waals surface area contributed by atoms with Gasteiger partial charge in [-0.25, -0.2) is 4.79 Å². The van der Waals surface area contributed by atoms with E-state index in [1.807, 2.05) is 36.4 Å². The molecule has 0 saturated carbocycles. The van der Waals surface area contributed by atoms with E-state index in [0.29, 0.717) is 18.0 Å². The second-order valence-electron chi connectivity index (χ2n) is 5.64. The van der Waals surface area contributed by atoms with Crippen LogP contribution in [0.15, 0.2) is 42.5 Å². The number of fused-ring (bicyclic) bond motifs is 1. The van der Waals surface area contributed by atoms with Crippen LogP contribution in [0.2, 0.25) is 0 Å². The Balaban J connectivity index is 1.93. The average Bonchev–Trinajstić information content (AvgIpc) is 2.51. The van der Waals surface area contributed by atoms with Gasteiger partial charge in [-0.2, -0.15) is 0 Å². The third-order valence-corrected chi connectivity index (χ3v) is 3.39. The molecule has 0 fully saturated rings. The van der Waals surface area contributed by atoms with Gasteiger partial charge in [-0.05, 0) is 29.2 Å². The molecule has 2 rings (SSSR count). The fourth-order valence-corrected chi connectivity index (χ4v) is 2.16. The molecular weight excluding hydrogens is 278 g/mol. The van der Waals surface area contributed by atoms with Crippen LogP contribution in [0.1, 0.15) is 30.6 Å². The Hall–Kier alpha value is -2.36. The summed E-state index contributed by atoms with van der Waals surface area (Å²) < 4.78 is 5.10. The highest BCUT2D eigenvalue weighted by atomic mass is 16.5. The maximum absolute atomic E-state index is 12.1. The van der Waals surface area contributed by atoms with Crippen molar-refractivity contribution in [2.24, 2.45) is 5.92 Å². The number of rotatable bonds is 6. The van der Waals surface area contributed by atoms with Gasteiger partial charge in [-0.3, -0.25) is 4.79 Å². The normalized spacial score (nSPS) is 10.7. The molecule has 1 N–H and O–H groups in total. The number of esters is 1. The molecular formula is C18H21NO3. The summed E-state index contributed by atoms with van der Waals surface area (Å²) in [6, 6.07) is 13.0. The maximum atomic E-state index is 12.1. The molecule has 0 aliphatic heterocycles. The average molecular weight is 299 g/mol. The Bertz CT molecular complexity index is 659. The molecule has 22 heavy (non-hydrogen) atoms. The van der Waals surface area contributed by atoms with Crippen molar-refractivity contribution in [3.05, 3.63) is 48.0 Å². The molecule has 0 spiro atoms. The predicted molar refractivity (Wildman–Crippen MR) is 86.7 cm³/mol. The Kier molecular flexibility index (Phi) is 5.53. The third-order valence-electron chi connectivity index (χ3n) is 3.39. The topological polar surface area (TPSA) is 55.4 Å². The van der Waals surface area contributed by atoms with Crippen molar-refractivity contribution in [1.29, 1.82) is 0 Å². The smallest absolute Gasteiger partial charge is 0.339 e. The van der Waals surface area contributed by atoms with E-state index in [9.17, 15) is 9.59 Å². The number of hydrogen-bond donors (Lipinski definition) is 1. The second-order valence-corrected chi connectivity index (χ2v) is 5.64. The highest BCUT2D eigenvalue weighted by molar-refractivity contribution is 6.04. The van der Waals surface area contributed by atoms with Crippen molar-refractivity contribution in [3.63, 3.8) is 0 Å². The fraction of sp³-hybridized carbons (Fsp3) is 0.333. The molecule has 0 atom stereocenters. The molecule has 0 bridgehead atoms. The number of benzene rings is 2. The Morgan fingerprint density at radius 2 is 1.82 bits per heavy atom. The molecule has 0 unspecified atom stereocenters. The van der Waals surface area contributed by atoms with Crippen LogP contribution >= 0.6 is 0 Å². The molecule has 116 valence electrons. The fourth-order valence-electron chi connectivity index (χ4n) is 2.16. The van der Waals surface area contributed by atoms with Crippen LogP contribution in [-0.2, 0) is 9.53 Å². The van der Waals surface area contributed by atoms with E-state index in [2.05, 4.69) is 19.2 Å². The van der Waals surface area contributed by atoms with Gasteiger partial charge in [0.05, 0.1) is 5.56 Å². The third kappa shape index (κ3) is 4.32. The number of ether oxygens (including phenoxy) is 1. The van der Waals surface area contributed by atoms with Crippen molar-refractivity contribution >= 4 is 22.6 Å². The van der Waals surface area contributed by atoms with Crippen molar-refractivity contribution < 1.29 is 14.3 Å². The van der Waals surface area contributed by atoms with Gasteiger partial charge < -0.3 is 10.1 Å². The monoisotopic (exact) mass is 299 g/mol. The minimum absolute atomic E-state index is 0.250. The van der Waals surface area contributed by atoms with Gasteiger partial charge in [-0.15, -0.1) is 0 Å². The molecule has 2 aromatic carbocycles. The zero-order chi connectivity index (χ0) is 15.9. The molecule has 0 aromatic heterocycles. The van der Waals surface area contributed by atoms with Gasteiger partial charge in [0.2, 0.25) is 0 Å². The van der Waals surface area contributed by atoms with E-state index in [1.165, 1.54) is 0 Å². The first kappa shape index (κ1) is 16.0. The lowest BCUT2D eigenvalue weighted by atomic mass is 10.1. The second kappa shape index (κ2) is 7.59. The molecule has 0 heterocycles.